The second-order valence-electron chi connectivity index (χ2n) is 6.67. The summed E-state index contributed by atoms with van der Waals surface area (Å²) in [5, 5.41) is 3.42. The molecule has 128 valence electrons. The lowest BCUT2D eigenvalue weighted by atomic mass is 10.1. The van der Waals surface area contributed by atoms with Crippen molar-refractivity contribution in [2.75, 3.05) is 20.1 Å². The minimum atomic E-state index is 0.685. The van der Waals surface area contributed by atoms with Gasteiger partial charge in [0.2, 0.25) is 0 Å². The Balaban J connectivity index is 1.59. The smallest absolute Gasteiger partial charge is 0.194 e. The number of hydrogen-bond donors (Lipinski definition) is 1. The molecule has 0 bridgehead atoms. The molecule has 24 heavy (non-hydrogen) atoms. The fraction of sp³-hybridized carbons (Fsp3) is 0.450. The molecule has 1 aromatic carbocycles. The summed E-state index contributed by atoms with van der Waals surface area (Å²) in [6.45, 7) is 4.78. The van der Waals surface area contributed by atoms with Crippen LogP contribution in [0.2, 0.25) is 0 Å². The third-order valence-corrected chi connectivity index (χ3v) is 4.77. The van der Waals surface area contributed by atoms with Crippen molar-refractivity contribution < 1.29 is 0 Å². The van der Waals surface area contributed by atoms with E-state index < -0.39 is 0 Å². The monoisotopic (exact) mass is 324 g/mol. The summed E-state index contributed by atoms with van der Waals surface area (Å²) in [7, 11) is 4.19. The van der Waals surface area contributed by atoms with E-state index in [9.17, 15) is 0 Å². The van der Waals surface area contributed by atoms with Crippen LogP contribution in [0.5, 0.6) is 0 Å². The number of nitrogens with zero attached hydrogens (tertiary/aromatic N) is 3. The maximum Gasteiger partial charge on any atom is 0.194 e. The van der Waals surface area contributed by atoms with Crippen LogP contribution in [0.3, 0.4) is 0 Å². The molecule has 2 atom stereocenters. The van der Waals surface area contributed by atoms with Gasteiger partial charge in [-0.3, -0.25) is 4.99 Å². The van der Waals surface area contributed by atoms with Gasteiger partial charge in [-0.2, -0.15) is 0 Å². The van der Waals surface area contributed by atoms with E-state index in [1.807, 2.05) is 0 Å². The van der Waals surface area contributed by atoms with Crippen LogP contribution in [0.15, 0.2) is 53.7 Å². The van der Waals surface area contributed by atoms with Gasteiger partial charge in [0.15, 0.2) is 5.96 Å². The Morgan fingerprint density at radius 2 is 2.04 bits per heavy atom. The number of guanidine groups is 1. The lowest BCUT2D eigenvalue weighted by Gasteiger charge is -2.22. The minimum Gasteiger partial charge on any atom is -0.357 e. The maximum atomic E-state index is 4.88. The van der Waals surface area contributed by atoms with Crippen molar-refractivity contribution in [2.45, 2.75) is 25.8 Å². The minimum absolute atomic E-state index is 0.685. The van der Waals surface area contributed by atoms with Crippen LogP contribution in [0.1, 0.15) is 30.5 Å². The topological polar surface area (TPSA) is 32.6 Å². The van der Waals surface area contributed by atoms with Crippen LogP contribution in [0, 0.1) is 5.92 Å². The van der Waals surface area contributed by atoms with Gasteiger partial charge in [0.1, 0.15) is 0 Å². The molecule has 3 rings (SSSR count). The van der Waals surface area contributed by atoms with Gasteiger partial charge in [-0.1, -0.05) is 30.3 Å². The summed E-state index contributed by atoms with van der Waals surface area (Å²) in [4.78, 5) is 7.09. The molecule has 1 aliphatic rings. The SMILES string of the molecule is CCNC(=NCC1CC1c1ccccc1)N(C)Cc1cccn1C. The van der Waals surface area contributed by atoms with Gasteiger partial charge in [-0.25, -0.2) is 0 Å². The van der Waals surface area contributed by atoms with E-state index >= 15 is 0 Å². The lowest BCUT2D eigenvalue weighted by Crippen LogP contribution is -2.39. The molecule has 4 nitrogen and oxygen atoms in total. The molecule has 1 N–H and O–H groups in total. The van der Waals surface area contributed by atoms with Gasteiger partial charge < -0.3 is 14.8 Å². The number of rotatable bonds is 6. The van der Waals surface area contributed by atoms with Crippen LogP contribution >= 0.6 is 0 Å². The van der Waals surface area contributed by atoms with Crippen LogP contribution in [0.4, 0.5) is 0 Å². The van der Waals surface area contributed by atoms with Gasteiger partial charge in [0.25, 0.3) is 0 Å². The van der Waals surface area contributed by atoms with E-state index in [0.29, 0.717) is 11.8 Å². The molecule has 0 spiro atoms. The van der Waals surface area contributed by atoms with Crippen LogP contribution in [0.25, 0.3) is 0 Å². The van der Waals surface area contributed by atoms with Crippen molar-refractivity contribution in [1.29, 1.82) is 0 Å². The van der Waals surface area contributed by atoms with E-state index in [1.54, 1.807) is 0 Å². The zero-order chi connectivity index (χ0) is 16.9. The molecular formula is C20H28N4. The highest BCUT2D eigenvalue weighted by molar-refractivity contribution is 5.79. The maximum absolute atomic E-state index is 4.88. The molecule has 0 radical (unpaired) electrons. The molecule has 1 heterocycles. The zero-order valence-corrected chi connectivity index (χ0v) is 14.9. The summed E-state index contributed by atoms with van der Waals surface area (Å²) in [5.74, 6) is 2.37. The third kappa shape index (κ3) is 3.99. The molecule has 0 aliphatic heterocycles. The Hall–Kier alpha value is -2.23. The molecule has 2 aromatic rings. The first-order valence-electron chi connectivity index (χ1n) is 8.83. The van der Waals surface area contributed by atoms with Crippen LogP contribution in [-0.2, 0) is 13.6 Å². The highest BCUT2D eigenvalue weighted by atomic mass is 15.3. The molecule has 1 aromatic heterocycles. The predicted molar refractivity (Wildman–Crippen MR) is 100 cm³/mol. The predicted octanol–water partition coefficient (Wildman–Crippen LogP) is 3.23. The van der Waals surface area contributed by atoms with Crippen molar-refractivity contribution in [1.82, 2.24) is 14.8 Å². The quantitative estimate of drug-likeness (QED) is 0.654. The van der Waals surface area contributed by atoms with Gasteiger partial charge in [-0.05, 0) is 42.9 Å². The summed E-state index contributed by atoms with van der Waals surface area (Å²) >= 11 is 0. The van der Waals surface area contributed by atoms with E-state index in [2.05, 4.69) is 84.5 Å². The molecule has 0 saturated heterocycles. The van der Waals surface area contributed by atoms with Crippen molar-refractivity contribution in [3.05, 3.63) is 59.9 Å². The Kier molecular flexibility index (Phi) is 5.24. The molecule has 2 unspecified atom stereocenters. The van der Waals surface area contributed by atoms with Crippen molar-refractivity contribution in [2.24, 2.45) is 18.0 Å². The van der Waals surface area contributed by atoms with Crippen LogP contribution in [-0.4, -0.2) is 35.6 Å². The van der Waals surface area contributed by atoms with Crippen molar-refractivity contribution >= 4 is 5.96 Å². The van der Waals surface area contributed by atoms with Gasteiger partial charge in [0.05, 0.1) is 6.54 Å². The molecule has 4 heteroatoms. The number of hydrogen-bond acceptors (Lipinski definition) is 1. The Bertz CT molecular complexity index is 674. The average Bonchev–Trinajstić information content (AvgIpc) is 3.27. The highest BCUT2D eigenvalue weighted by Gasteiger charge is 2.37. The number of aliphatic imine (C=N–C) groups is 1. The Labute approximate surface area is 145 Å². The van der Waals surface area contributed by atoms with E-state index in [4.69, 9.17) is 4.99 Å². The molecule has 1 saturated carbocycles. The average molecular weight is 324 g/mol. The first-order chi connectivity index (χ1) is 11.7. The largest absolute Gasteiger partial charge is 0.357 e. The number of aromatic nitrogens is 1. The first kappa shape index (κ1) is 16.6. The molecule has 1 fully saturated rings. The molecule has 1 aliphatic carbocycles. The van der Waals surface area contributed by atoms with Gasteiger partial charge in [0, 0.05) is 39.1 Å². The second kappa shape index (κ2) is 7.56. The lowest BCUT2D eigenvalue weighted by molar-refractivity contribution is 0.461. The van der Waals surface area contributed by atoms with Crippen LogP contribution < -0.4 is 5.32 Å². The highest BCUT2D eigenvalue weighted by Crippen LogP contribution is 2.47. The normalized spacial score (nSPS) is 20.0. The standard InChI is InChI=1S/C20H28N4/c1-4-21-20(24(3)15-18-11-8-12-23(18)2)22-14-17-13-19(17)16-9-6-5-7-10-16/h5-12,17,19H,4,13-15H2,1-3H3,(H,21,22). The fourth-order valence-electron chi connectivity index (χ4n) is 3.21. The van der Waals surface area contributed by atoms with Crippen molar-refractivity contribution in [3.63, 3.8) is 0 Å². The fourth-order valence-corrected chi connectivity index (χ4v) is 3.21. The number of nitrogens with one attached hydrogen (secondary N) is 1. The summed E-state index contributed by atoms with van der Waals surface area (Å²) in [6, 6.07) is 15.1. The Morgan fingerprint density at radius 3 is 2.71 bits per heavy atom. The molecular weight excluding hydrogens is 296 g/mol. The second-order valence-corrected chi connectivity index (χ2v) is 6.67. The summed E-state index contributed by atoms with van der Waals surface area (Å²) in [5.41, 5.74) is 2.75. The van der Waals surface area contributed by atoms with Gasteiger partial charge in [-0.15, -0.1) is 0 Å². The van der Waals surface area contributed by atoms with E-state index in [-0.39, 0.29) is 0 Å². The number of benzene rings is 1. The van der Waals surface area contributed by atoms with E-state index in [1.165, 1.54) is 17.7 Å². The summed E-state index contributed by atoms with van der Waals surface area (Å²) in [6.07, 6.45) is 3.34. The van der Waals surface area contributed by atoms with E-state index in [0.717, 1.165) is 25.6 Å². The first-order valence-corrected chi connectivity index (χ1v) is 8.83. The number of aryl methyl sites for hydroxylation is 1. The van der Waals surface area contributed by atoms with Crippen molar-refractivity contribution in [3.8, 4) is 0 Å². The summed E-state index contributed by atoms with van der Waals surface area (Å²) < 4.78 is 2.16. The van der Waals surface area contributed by atoms with Gasteiger partial charge >= 0.3 is 0 Å². The molecule has 0 amide bonds. The zero-order valence-electron chi connectivity index (χ0n) is 14.9. The Morgan fingerprint density at radius 1 is 1.25 bits per heavy atom. The third-order valence-electron chi connectivity index (χ3n) is 4.77.